The first-order valence-electron chi connectivity index (χ1n) is 9.76. The quantitative estimate of drug-likeness (QED) is 0.428. The first-order chi connectivity index (χ1) is 15.9. The van der Waals surface area contributed by atoms with Crippen molar-refractivity contribution in [3.8, 4) is 5.75 Å². The van der Waals surface area contributed by atoms with E-state index in [1.807, 2.05) is 6.07 Å². The predicted molar refractivity (Wildman–Crippen MR) is 114 cm³/mol. The van der Waals surface area contributed by atoms with Crippen LogP contribution in [0.5, 0.6) is 5.75 Å². The van der Waals surface area contributed by atoms with Gasteiger partial charge in [-0.15, -0.1) is 10.2 Å². The third-order valence-electron chi connectivity index (χ3n) is 4.26. The summed E-state index contributed by atoms with van der Waals surface area (Å²) in [7, 11) is 0. The number of nitrogens with one attached hydrogen (secondary N) is 1. The van der Waals surface area contributed by atoms with Crippen LogP contribution in [0.1, 0.15) is 17.8 Å². The number of amides is 1. The molecule has 3 aromatic rings. The van der Waals surface area contributed by atoms with Crippen molar-refractivity contribution in [2.45, 2.75) is 32.2 Å². The van der Waals surface area contributed by atoms with Gasteiger partial charge in [-0.1, -0.05) is 54.1 Å². The first kappa shape index (κ1) is 23.7. The lowest BCUT2D eigenvalue weighted by Gasteiger charge is -2.15. The molecule has 1 unspecified atom stereocenters. The van der Waals surface area contributed by atoms with E-state index in [-0.39, 0.29) is 19.0 Å². The van der Waals surface area contributed by atoms with Gasteiger partial charge in [0.05, 0.1) is 11.4 Å². The van der Waals surface area contributed by atoms with Crippen molar-refractivity contribution < 1.29 is 29.0 Å². The van der Waals surface area contributed by atoms with Gasteiger partial charge in [-0.05, 0) is 22.9 Å². The molecule has 0 bridgehead atoms. The monoisotopic (exact) mass is 473 g/mol. The Labute approximate surface area is 193 Å². The molecule has 0 aliphatic heterocycles. The minimum Gasteiger partial charge on any atom is -0.484 e. The van der Waals surface area contributed by atoms with Gasteiger partial charge < -0.3 is 19.9 Å². The summed E-state index contributed by atoms with van der Waals surface area (Å²) in [6.45, 7) is -0.476. The fourth-order valence-electron chi connectivity index (χ4n) is 2.68. The summed E-state index contributed by atoms with van der Waals surface area (Å²) in [5.41, 5.74) is 0.743. The Morgan fingerprint density at radius 2 is 1.79 bits per heavy atom. The molecule has 1 atom stereocenters. The van der Waals surface area contributed by atoms with Crippen molar-refractivity contribution in [3.05, 3.63) is 71.0 Å². The van der Waals surface area contributed by atoms with Crippen molar-refractivity contribution in [3.63, 3.8) is 0 Å². The Morgan fingerprint density at radius 1 is 1.06 bits per heavy atom. The Balaban J connectivity index is 1.54. The lowest BCUT2D eigenvalue weighted by molar-refractivity contribution is -0.139. The maximum absolute atomic E-state index is 12.6. The molecule has 0 saturated carbocycles. The molecule has 0 aliphatic carbocycles. The van der Waals surface area contributed by atoms with E-state index in [1.165, 1.54) is 0 Å². The minimum absolute atomic E-state index is 0.0277. The van der Waals surface area contributed by atoms with E-state index in [2.05, 4.69) is 20.7 Å². The predicted octanol–water partition coefficient (Wildman–Crippen LogP) is 2.24. The molecule has 0 radical (unpaired) electrons. The van der Waals surface area contributed by atoms with Gasteiger partial charge in [0.2, 0.25) is 5.82 Å². The number of nitrogens with zero attached hydrogens (tertiary/aromatic N) is 4. The molecule has 1 amide bonds. The van der Waals surface area contributed by atoms with Crippen molar-refractivity contribution in [1.29, 1.82) is 0 Å². The molecule has 1 heterocycles. The summed E-state index contributed by atoms with van der Waals surface area (Å²) in [5.74, 6) is -1.28. The van der Waals surface area contributed by atoms with E-state index in [0.717, 1.165) is 10.4 Å². The number of ether oxygens (including phenoxy) is 2. The number of benzene rings is 2. The van der Waals surface area contributed by atoms with E-state index in [0.29, 0.717) is 10.8 Å². The number of ketones is 1. The van der Waals surface area contributed by atoms with Gasteiger partial charge in [-0.3, -0.25) is 9.59 Å². The zero-order valence-corrected chi connectivity index (χ0v) is 18.0. The summed E-state index contributed by atoms with van der Waals surface area (Å²) >= 11 is 6.02. The Kier molecular flexibility index (Phi) is 8.30. The van der Waals surface area contributed by atoms with E-state index in [1.54, 1.807) is 48.5 Å². The molecule has 11 nitrogen and oxygen atoms in total. The number of hydrogen-bond acceptors (Lipinski definition) is 8. The number of rotatable bonds is 11. The topological polar surface area (TPSA) is 146 Å². The minimum atomic E-state index is -1.33. The number of carbonyl (C=O) groups is 3. The molecule has 0 saturated heterocycles. The molecule has 12 heteroatoms. The molecule has 0 spiro atoms. The highest BCUT2D eigenvalue weighted by Gasteiger charge is 2.25. The SMILES string of the molecule is O=C(O)CC(NC(=O)OCc1ccccc1)C(=O)Cn1nnc(COc2ccccc2Cl)n1. The maximum Gasteiger partial charge on any atom is 0.408 e. The lowest BCUT2D eigenvalue weighted by atomic mass is 10.1. The number of carbonyl (C=O) groups excluding carboxylic acids is 2. The van der Waals surface area contributed by atoms with Crippen LogP contribution in [0.2, 0.25) is 5.02 Å². The van der Waals surface area contributed by atoms with Gasteiger partial charge >= 0.3 is 12.1 Å². The van der Waals surface area contributed by atoms with E-state index >= 15 is 0 Å². The maximum atomic E-state index is 12.6. The van der Waals surface area contributed by atoms with E-state index in [9.17, 15) is 14.4 Å². The van der Waals surface area contributed by atoms with Crippen LogP contribution >= 0.6 is 11.6 Å². The van der Waals surface area contributed by atoms with Gasteiger partial charge in [-0.25, -0.2) is 4.79 Å². The number of alkyl carbamates (subject to hydrolysis) is 1. The van der Waals surface area contributed by atoms with Gasteiger partial charge in [0.1, 0.15) is 24.9 Å². The molecule has 1 aromatic heterocycles. The first-order valence-corrected chi connectivity index (χ1v) is 10.1. The summed E-state index contributed by atoms with van der Waals surface area (Å²) < 4.78 is 10.6. The second-order valence-electron chi connectivity index (χ2n) is 6.78. The standard InChI is InChI=1S/C21H20ClN5O6/c22-15-8-4-5-9-18(15)32-13-19-24-26-27(25-19)11-17(28)16(10-20(29)30)23-21(31)33-12-14-6-2-1-3-7-14/h1-9,16H,10-13H2,(H,23,31)(H,29,30). The number of tetrazole rings is 1. The van der Waals surface area contributed by atoms with Crippen LogP contribution in [0.3, 0.4) is 0 Å². The zero-order chi connectivity index (χ0) is 23.6. The number of hydrogen-bond donors (Lipinski definition) is 2. The number of aromatic nitrogens is 4. The summed E-state index contributed by atoms with van der Waals surface area (Å²) in [4.78, 5) is 36.8. The average Bonchev–Trinajstić information content (AvgIpc) is 3.24. The second-order valence-corrected chi connectivity index (χ2v) is 7.19. The summed E-state index contributed by atoms with van der Waals surface area (Å²) in [5, 5.41) is 23.4. The van der Waals surface area contributed by atoms with Gasteiger partial charge in [0.15, 0.2) is 12.4 Å². The zero-order valence-electron chi connectivity index (χ0n) is 17.3. The molecular weight excluding hydrogens is 454 g/mol. The Hall–Kier alpha value is -3.99. The third kappa shape index (κ3) is 7.58. The van der Waals surface area contributed by atoms with Crippen LogP contribution in [0, 0.1) is 0 Å². The molecule has 172 valence electrons. The fraction of sp³-hybridized carbons (Fsp3) is 0.238. The molecule has 33 heavy (non-hydrogen) atoms. The van der Waals surface area contributed by atoms with Crippen LogP contribution in [0.25, 0.3) is 0 Å². The van der Waals surface area contributed by atoms with Crippen molar-refractivity contribution in [2.24, 2.45) is 0 Å². The second kappa shape index (κ2) is 11.6. The fourth-order valence-corrected chi connectivity index (χ4v) is 2.87. The normalized spacial score (nSPS) is 11.4. The van der Waals surface area contributed by atoms with Crippen molar-refractivity contribution >= 4 is 29.4 Å². The molecule has 0 fully saturated rings. The molecule has 2 aromatic carbocycles. The number of para-hydroxylation sites is 1. The summed E-state index contributed by atoms with van der Waals surface area (Å²) in [6, 6.07) is 14.4. The van der Waals surface area contributed by atoms with Crippen LogP contribution in [0.15, 0.2) is 54.6 Å². The molecular formula is C21H20ClN5O6. The van der Waals surface area contributed by atoms with Crippen LogP contribution in [-0.2, 0) is 34.1 Å². The number of carboxylic acid groups (broad SMARTS) is 1. The van der Waals surface area contributed by atoms with Gasteiger partial charge in [0, 0.05) is 0 Å². The number of halogens is 1. The molecule has 2 N–H and O–H groups in total. The van der Waals surface area contributed by atoms with Crippen LogP contribution < -0.4 is 10.1 Å². The Morgan fingerprint density at radius 3 is 2.52 bits per heavy atom. The van der Waals surface area contributed by atoms with Gasteiger partial charge in [0.25, 0.3) is 0 Å². The third-order valence-corrected chi connectivity index (χ3v) is 4.57. The van der Waals surface area contributed by atoms with E-state index in [4.69, 9.17) is 26.2 Å². The lowest BCUT2D eigenvalue weighted by Crippen LogP contribution is -2.44. The van der Waals surface area contributed by atoms with Gasteiger partial charge in [-0.2, -0.15) is 4.80 Å². The van der Waals surface area contributed by atoms with Crippen molar-refractivity contribution in [1.82, 2.24) is 25.5 Å². The number of aliphatic carboxylic acids is 1. The average molecular weight is 474 g/mol. The van der Waals surface area contributed by atoms with Crippen LogP contribution in [0.4, 0.5) is 4.79 Å². The van der Waals surface area contributed by atoms with Crippen LogP contribution in [-0.4, -0.2) is 49.2 Å². The Bertz CT molecular complexity index is 1110. The van der Waals surface area contributed by atoms with Crippen molar-refractivity contribution in [2.75, 3.05) is 0 Å². The van der Waals surface area contributed by atoms with E-state index < -0.39 is 36.9 Å². The number of Topliss-reactive ketones (excluding diaryl/α,β-unsaturated/α-hetero) is 1. The highest BCUT2D eigenvalue weighted by molar-refractivity contribution is 6.32. The smallest absolute Gasteiger partial charge is 0.408 e. The highest BCUT2D eigenvalue weighted by atomic mass is 35.5. The largest absolute Gasteiger partial charge is 0.484 e. The molecule has 3 rings (SSSR count). The number of carboxylic acids is 1. The summed E-state index contributed by atoms with van der Waals surface area (Å²) in [6.07, 6.45) is -1.55. The molecule has 0 aliphatic rings. The highest BCUT2D eigenvalue weighted by Crippen LogP contribution is 2.23.